The molecule has 0 aliphatic carbocycles. The van der Waals surface area contributed by atoms with Crippen LogP contribution in [-0.4, -0.2) is 26.5 Å². The predicted molar refractivity (Wildman–Crippen MR) is 39.1 cm³/mol. The number of nitrogens with zero attached hydrogens (tertiary/aromatic N) is 3. The van der Waals surface area contributed by atoms with E-state index in [0.717, 1.165) is 25.2 Å². The van der Waals surface area contributed by atoms with Crippen molar-refractivity contribution in [3.8, 4) is 0 Å². The van der Waals surface area contributed by atoms with Crippen LogP contribution < -0.4 is 0 Å². The minimum absolute atomic E-state index is 0.193. The lowest BCUT2D eigenvalue weighted by molar-refractivity contribution is 0.234. The molecule has 2 heterocycles. The molecule has 60 valence electrons. The van der Waals surface area contributed by atoms with E-state index in [1.165, 1.54) is 0 Å². The maximum Gasteiger partial charge on any atom is 0.138 e. The van der Waals surface area contributed by atoms with Gasteiger partial charge in [0.25, 0.3) is 0 Å². The van der Waals surface area contributed by atoms with Crippen LogP contribution in [0.1, 0.15) is 24.6 Å². The maximum atomic E-state index is 8.98. The molecule has 0 bridgehead atoms. The summed E-state index contributed by atoms with van der Waals surface area (Å²) in [5, 5.41) is 13.0. The molecule has 1 aliphatic rings. The smallest absolute Gasteiger partial charge is 0.138 e. The first kappa shape index (κ1) is 6.79. The highest BCUT2D eigenvalue weighted by molar-refractivity contribution is 4.98. The van der Waals surface area contributed by atoms with Gasteiger partial charge in [-0.1, -0.05) is 0 Å². The standard InChI is InChI=1S/C7H11N3O/c11-4-6-2-1-3-10-7(6)8-5-9-10/h5-6,11H,1-4H2. The number of fused-ring (bicyclic) bond motifs is 1. The van der Waals surface area contributed by atoms with Gasteiger partial charge in [0.1, 0.15) is 12.2 Å². The number of aryl methyl sites for hydroxylation is 1. The van der Waals surface area contributed by atoms with Gasteiger partial charge in [-0.2, -0.15) is 5.10 Å². The monoisotopic (exact) mass is 153 g/mol. The van der Waals surface area contributed by atoms with Crippen LogP contribution in [0.2, 0.25) is 0 Å². The van der Waals surface area contributed by atoms with Crippen LogP contribution in [0.5, 0.6) is 0 Å². The molecular weight excluding hydrogens is 142 g/mol. The SMILES string of the molecule is OCC1CCCn2ncnc21. The van der Waals surface area contributed by atoms with Gasteiger partial charge < -0.3 is 5.11 Å². The van der Waals surface area contributed by atoms with E-state index in [2.05, 4.69) is 10.1 Å². The number of rotatable bonds is 1. The summed E-state index contributed by atoms with van der Waals surface area (Å²) in [6.07, 6.45) is 3.69. The van der Waals surface area contributed by atoms with Crippen molar-refractivity contribution in [3.05, 3.63) is 12.2 Å². The van der Waals surface area contributed by atoms with Crippen molar-refractivity contribution in [2.45, 2.75) is 25.3 Å². The van der Waals surface area contributed by atoms with Crippen molar-refractivity contribution in [2.75, 3.05) is 6.61 Å². The molecule has 4 heteroatoms. The first-order valence-electron chi connectivity index (χ1n) is 3.90. The second-order valence-electron chi connectivity index (χ2n) is 2.86. The van der Waals surface area contributed by atoms with Gasteiger partial charge in [0.05, 0.1) is 6.61 Å². The lowest BCUT2D eigenvalue weighted by atomic mass is 10.0. The second kappa shape index (κ2) is 2.62. The Morgan fingerprint density at radius 2 is 2.64 bits per heavy atom. The molecule has 11 heavy (non-hydrogen) atoms. The van der Waals surface area contributed by atoms with Crippen molar-refractivity contribution < 1.29 is 5.11 Å². The Morgan fingerprint density at radius 3 is 3.45 bits per heavy atom. The third-order valence-electron chi connectivity index (χ3n) is 2.15. The Bertz CT molecular complexity index is 246. The van der Waals surface area contributed by atoms with Crippen LogP contribution >= 0.6 is 0 Å². The van der Waals surface area contributed by atoms with Gasteiger partial charge >= 0.3 is 0 Å². The van der Waals surface area contributed by atoms with Crippen molar-refractivity contribution in [1.29, 1.82) is 0 Å². The van der Waals surface area contributed by atoms with Crippen LogP contribution in [-0.2, 0) is 6.54 Å². The minimum atomic E-state index is 0.193. The zero-order chi connectivity index (χ0) is 7.68. The van der Waals surface area contributed by atoms with E-state index in [9.17, 15) is 0 Å². The van der Waals surface area contributed by atoms with Gasteiger partial charge in [-0.3, -0.25) is 0 Å². The number of hydrogen-bond acceptors (Lipinski definition) is 3. The predicted octanol–water partition coefficient (Wildman–Crippen LogP) is 0.148. The fourth-order valence-corrected chi connectivity index (χ4v) is 1.55. The van der Waals surface area contributed by atoms with Crippen LogP contribution in [0.4, 0.5) is 0 Å². The first-order chi connectivity index (χ1) is 5.42. The van der Waals surface area contributed by atoms with E-state index < -0.39 is 0 Å². The topological polar surface area (TPSA) is 50.9 Å². The van der Waals surface area contributed by atoms with Crippen molar-refractivity contribution >= 4 is 0 Å². The first-order valence-corrected chi connectivity index (χ1v) is 3.90. The van der Waals surface area contributed by atoms with Gasteiger partial charge in [-0.15, -0.1) is 0 Å². The minimum Gasteiger partial charge on any atom is -0.396 e. The number of hydrogen-bond donors (Lipinski definition) is 1. The molecule has 1 aromatic heterocycles. The van der Waals surface area contributed by atoms with Gasteiger partial charge in [0.2, 0.25) is 0 Å². The molecule has 0 fully saturated rings. The summed E-state index contributed by atoms with van der Waals surface area (Å²) in [6.45, 7) is 1.14. The molecule has 0 radical (unpaired) electrons. The normalized spacial score (nSPS) is 23.2. The molecule has 1 atom stereocenters. The molecule has 1 aliphatic heterocycles. The summed E-state index contributed by atoms with van der Waals surface area (Å²) >= 11 is 0. The highest BCUT2D eigenvalue weighted by Crippen LogP contribution is 2.23. The van der Waals surface area contributed by atoms with E-state index in [1.807, 2.05) is 4.68 Å². The summed E-state index contributed by atoms with van der Waals surface area (Å²) in [4.78, 5) is 4.10. The summed E-state index contributed by atoms with van der Waals surface area (Å²) in [6, 6.07) is 0. The van der Waals surface area contributed by atoms with Crippen molar-refractivity contribution in [3.63, 3.8) is 0 Å². The molecule has 0 aromatic carbocycles. The molecule has 4 nitrogen and oxygen atoms in total. The van der Waals surface area contributed by atoms with Crippen LogP contribution in [0, 0.1) is 0 Å². The van der Waals surface area contributed by atoms with E-state index in [0.29, 0.717) is 0 Å². The summed E-state index contributed by atoms with van der Waals surface area (Å²) < 4.78 is 1.88. The fraction of sp³-hybridized carbons (Fsp3) is 0.714. The lowest BCUT2D eigenvalue weighted by Gasteiger charge is -2.19. The third-order valence-corrected chi connectivity index (χ3v) is 2.15. The van der Waals surface area contributed by atoms with Crippen molar-refractivity contribution in [2.24, 2.45) is 0 Å². The van der Waals surface area contributed by atoms with Crippen molar-refractivity contribution in [1.82, 2.24) is 14.8 Å². The summed E-state index contributed by atoms with van der Waals surface area (Å²) in [5.41, 5.74) is 0. The van der Waals surface area contributed by atoms with E-state index in [1.54, 1.807) is 6.33 Å². The molecule has 1 N–H and O–H groups in total. The Balaban J connectivity index is 2.32. The fourth-order valence-electron chi connectivity index (χ4n) is 1.55. The molecular formula is C7H11N3O. The maximum absolute atomic E-state index is 8.98. The van der Waals surface area contributed by atoms with E-state index in [4.69, 9.17) is 5.11 Å². The molecule has 2 rings (SSSR count). The third kappa shape index (κ3) is 1.03. The van der Waals surface area contributed by atoms with E-state index >= 15 is 0 Å². The summed E-state index contributed by atoms with van der Waals surface area (Å²) in [7, 11) is 0. The van der Waals surface area contributed by atoms with Gasteiger partial charge in [-0.25, -0.2) is 9.67 Å². The average Bonchev–Trinajstić information content (AvgIpc) is 2.50. The Morgan fingerprint density at radius 1 is 1.73 bits per heavy atom. The van der Waals surface area contributed by atoms with Gasteiger partial charge in [0.15, 0.2) is 0 Å². The molecule has 1 aromatic rings. The highest BCUT2D eigenvalue weighted by Gasteiger charge is 2.20. The molecule has 0 amide bonds. The Hall–Kier alpha value is -0.900. The number of aliphatic hydroxyl groups excluding tert-OH is 1. The molecule has 0 spiro atoms. The zero-order valence-corrected chi connectivity index (χ0v) is 6.27. The second-order valence-corrected chi connectivity index (χ2v) is 2.86. The zero-order valence-electron chi connectivity index (χ0n) is 6.27. The summed E-state index contributed by atoms with van der Waals surface area (Å²) in [5.74, 6) is 1.16. The molecule has 0 saturated carbocycles. The quantitative estimate of drug-likeness (QED) is 0.624. The Kier molecular flexibility index (Phi) is 1.62. The van der Waals surface area contributed by atoms with Crippen LogP contribution in [0.15, 0.2) is 6.33 Å². The van der Waals surface area contributed by atoms with Crippen LogP contribution in [0.25, 0.3) is 0 Å². The van der Waals surface area contributed by atoms with Crippen LogP contribution in [0.3, 0.4) is 0 Å². The number of aliphatic hydroxyl groups is 1. The molecule has 0 saturated heterocycles. The largest absolute Gasteiger partial charge is 0.396 e. The Labute approximate surface area is 64.9 Å². The highest BCUT2D eigenvalue weighted by atomic mass is 16.3. The average molecular weight is 153 g/mol. The van der Waals surface area contributed by atoms with E-state index in [-0.39, 0.29) is 12.5 Å². The van der Waals surface area contributed by atoms with Gasteiger partial charge in [0, 0.05) is 12.5 Å². The molecule has 1 unspecified atom stereocenters. The van der Waals surface area contributed by atoms with Gasteiger partial charge in [-0.05, 0) is 12.8 Å². The lowest BCUT2D eigenvalue weighted by Crippen LogP contribution is -2.19. The number of aromatic nitrogens is 3.